The number of esters is 1. The van der Waals surface area contributed by atoms with Gasteiger partial charge in [0.25, 0.3) is 0 Å². The first kappa shape index (κ1) is 15.8. The maximum atomic E-state index is 12.3. The van der Waals surface area contributed by atoms with E-state index in [1.165, 1.54) is 12.6 Å². The van der Waals surface area contributed by atoms with Gasteiger partial charge in [-0.3, -0.25) is 5.32 Å². The summed E-state index contributed by atoms with van der Waals surface area (Å²) in [4.78, 5) is 11.0. The number of aryl methyl sites for hydroxylation is 1. The number of halogens is 3. The van der Waals surface area contributed by atoms with Gasteiger partial charge in [-0.15, -0.1) is 0 Å². The fourth-order valence-corrected chi connectivity index (χ4v) is 2.57. The van der Waals surface area contributed by atoms with E-state index in [-0.39, 0.29) is 5.92 Å². The first-order valence-corrected chi connectivity index (χ1v) is 6.87. The van der Waals surface area contributed by atoms with E-state index in [9.17, 15) is 18.0 Å². The molecule has 21 heavy (non-hydrogen) atoms. The van der Waals surface area contributed by atoms with E-state index >= 15 is 0 Å². The van der Waals surface area contributed by atoms with Crippen LogP contribution in [-0.4, -0.2) is 24.9 Å². The number of ether oxygens (including phenoxy) is 1. The molecular formula is C15H18F3NO2. The fraction of sp³-hybridized carbons (Fsp3) is 0.533. The zero-order valence-corrected chi connectivity index (χ0v) is 12.0. The molecule has 0 heterocycles. The van der Waals surface area contributed by atoms with E-state index in [4.69, 9.17) is 0 Å². The van der Waals surface area contributed by atoms with Crippen LogP contribution < -0.4 is 5.32 Å². The Hall–Kier alpha value is -1.56. The van der Waals surface area contributed by atoms with Crippen molar-refractivity contribution in [3.63, 3.8) is 0 Å². The number of carbonyl (C=O) groups is 1. The molecule has 0 aromatic heterocycles. The summed E-state index contributed by atoms with van der Waals surface area (Å²) in [6.07, 6.45) is -3.33. The summed E-state index contributed by atoms with van der Waals surface area (Å²) in [7, 11) is 1.50. The number of benzene rings is 1. The third kappa shape index (κ3) is 3.37. The van der Waals surface area contributed by atoms with Gasteiger partial charge in [-0.1, -0.05) is 31.2 Å². The quantitative estimate of drug-likeness (QED) is 0.686. The summed E-state index contributed by atoms with van der Waals surface area (Å²) < 4.78 is 41.4. The largest absolute Gasteiger partial charge is 0.490 e. The lowest BCUT2D eigenvalue weighted by molar-refractivity contribution is -0.226. The van der Waals surface area contributed by atoms with E-state index in [1.54, 1.807) is 0 Å². The number of hydrogen-bond donors (Lipinski definition) is 1. The third-order valence-electron chi connectivity index (χ3n) is 3.99. The number of rotatable bonds is 4. The molecule has 0 amide bonds. The van der Waals surface area contributed by atoms with Crippen LogP contribution in [0.2, 0.25) is 0 Å². The Morgan fingerprint density at radius 1 is 1.33 bits per heavy atom. The van der Waals surface area contributed by atoms with Crippen molar-refractivity contribution >= 4 is 5.97 Å². The molecule has 6 heteroatoms. The molecule has 1 N–H and O–H groups in total. The van der Waals surface area contributed by atoms with Crippen molar-refractivity contribution in [1.82, 2.24) is 5.32 Å². The lowest BCUT2D eigenvalue weighted by atomic mass is 9.72. The molecule has 1 aromatic carbocycles. The Bertz CT molecular complexity index is 505. The van der Waals surface area contributed by atoms with Crippen LogP contribution in [0.4, 0.5) is 13.2 Å². The predicted octanol–water partition coefficient (Wildman–Crippen LogP) is 3.15. The summed E-state index contributed by atoms with van der Waals surface area (Å²) in [5.74, 6) is -2.04. The highest BCUT2D eigenvalue weighted by molar-refractivity contribution is 5.76. The minimum absolute atomic E-state index is 0.101. The molecule has 3 nitrogen and oxygen atoms in total. The van der Waals surface area contributed by atoms with Gasteiger partial charge in [0.1, 0.15) is 0 Å². The van der Waals surface area contributed by atoms with E-state index in [0.717, 1.165) is 12.0 Å². The predicted molar refractivity (Wildman–Crippen MR) is 71.7 cm³/mol. The van der Waals surface area contributed by atoms with Crippen LogP contribution in [0.5, 0.6) is 0 Å². The normalized spacial score (nSPS) is 25.3. The van der Waals surface area contributed by atoms with Crippen molar-refractivity contribution in [3.05, 3.63) is 35.4 Å². The lowest BCUT2D eigenvalue weighted by Crippen LogP contribution is -2.57. The summed E-state index contributed by atoms with van der Waals surface area (Å²) in [5.41, 5.74) is 1.06. The molecule has 1 aliphatic carbocycles. The van der Waals surface area contributed by atoms with E-state index < -0.39 is 17.9 Å². The van der Waals surface area contributed by atoms with Gasteiger partial charge in [-0.25, -0.2) is 4.79 Å². The third-order valence-corrected chi connectivity index (χ3v) is 3.99. The monoisotopic (exact) mass is 301 g/mol. The summed E-state index contributed by atoms with van der Waals surface area (Å²) in [5, 5.41) is 2.70. The standard InChI is InChI=1S/C15H18F3NO2/c1-3-10-4-6-11(7-5-10)12-8-14(9-12,19-2)21-13(20)15(16,17)18/h4-7,12,19H,3,8-9H2,1-2H3. The van der Waals surface area contributed by atoms with Gasteiger partial charge in [-0.05, 0) is 30.5 Å². The first-order valence-electron chi connectivity index (χ1n) is 6.87. The molecule has 1 aromatic rings. The fourth-order valence-electron chi connectivity index (χ4n) is 2.57. The van der Waals surface area contributed by atoms with Gasteiger partial charge in [0.2, 0.25) is 0 Å². The Balaban J connectivity index is 2.00. The summed E-state index contributed by atoms with van der Waals surface area (Å²) >= 11 is 0. The molecule has 0 atom stereocenters. The number of nitrogens with one attached hydrogen (secondary N) is 1. The van der Waals surface area contributed by atoms with Gasteiger partial charge < -0.3 is 4.74 Å². The number of carbonyl (C=O) groups excluding carboxylic acids is 1. The van der Waals surface area contributed by atoms with Crippen molar-refractivity contribution in [2.24, 2.45) is 0 Å². The van der Waals surface area contributed by atoms with Crippen LogP contribution in [-0.2, 0) is 16.0 Å². The van der Waals surface area contributed by atoms with Gasteiger partial charge in [0.05, 0.1) is 0 Å². The number of hydrogen-bond acceptors (Lipinski definition) is 3. The Kier molecular flexibility index (Phi) is 4.27. The molecule has 116 valence electrons. The molecular weight excluding hydrogens is 283 g/mol. The van der Waals surface area contributed by atoms with Crippen molar-refractivity contribution in [2.45, 2.75) is 44.0 Å². The van der Waals surface area contributed by atoms with Crippen LogP contribution >= 0.6 is 0 Å². The van der Waals surface area contributed by atoms with E-state index in [1.807, 2.05) is 24.3 Å². The minimum atomic E-state index is -4.96. The van der Waals surface area contributed by atoms with Crippen molar-refractivity contribution in [3.8, 4) is 0 Å². The van der Waals surface area contributed by atoms with E-state index in [0.29, 0.717) is 12.8 Å². The molecule has 2 rings (SSSR count). The minimum Gasteiger partial charge on any atom is -0.437 e. The van der Waals surface area contributed by atoms with E-state index in [2.05, 4.69) is 17.0 Å². The zero-order valence-electron chi connectivity index (χ0n) is 12.0. The van der Waals surface area contributed by atoms with Crippen LogP contribution in [0.25, 0.3) is 0 Å². The van der Waals surface area contributed by atoms with Crippen LogP contribution in [0, 0.1) is 0 Å². The SMILES string of the molecule is CCc1ccc(C2CC(NC)(OC(=O)C(F)(F)F)C2)cc1. The molecule has 0 aliphatic heterocycles. The number of alkyl halides is 3. The molecule has 0 bridgehead atoms. The van der Waals surface area contributed by atoms with Gasteiger partial charge in [-0.2, -0.15) is 13.2 Å². The van der Waals surface area contributed by atoms with Crippen molar-refractivity contribution < 1.29 is 22.7 Å². The second-order valence-corrected chi connectivity index (χ2v) is 5.33. The van der Waals surface area contributed by atoms with Gasteiger partial charge >= 0.3 is 12.1 Å². The Morgan fingerprint density at radius 2 is 1.90 bits per heavy atom. The Morgan fingerprint density at radius 3 is 2.33 bits per heavy atom. The highest BCUT2D eigenvalue weighted by Gasteiger charge is 2.52. The lowest BCUT2D eigenvalue weighted by Gasteiger charge is -2.46. The van der Waals surface area contributed by atoms with Crippen molar-refractivity contribution in [1.29, 1.82) is 0 Å². The second-order valence-electron chi connectivity index (χ2n) is 5.33. The Labute approximate surface area is 121 Å². The molecule has 0 spiro atoms. The van der Waals surface area contributed by atoms with Crippen LogP contribution in [0.1, 0.15) is 36.8 Å². The van der Waals surface area contributed by atoms with Gasteiger partial charge in [0.15, 0.2) is 5.72 Å². The molecule has 0 saturated heterocycles. The second kappa shape index (κ2) is 5.67. The maximum absolute atomic E-state index is 12.3. The highest BCUT2D eigenvalue weighted by atomic mass is 19.4. The summed E-state index contributed by atoms with van der Waals surface area (Å²) in [6.45, 7) is 2.06. The molecule has 0 unspecified atom stereocenters. The molecule has 1 fully saturated rings. The molecule has 0 radical (unpaired) electrons. The van der Waals surface area contributed by atoms with Gasteiger partial charge in [0, 0.05) is 12.8 Å². The first-order chi connectivity index (χ1) is 9.79. The summed E-state index contributed by atoms with van der Waals surface area (Å²) in [6, 6.07) is 7.98. The molecule has 1 saturated carbocycles. The van der Waals surface area contributed by atoms with Crippen LogP contribution in [0.15, 0.2) is 24.3 Å². The smallest absolute Gasteiger partial charge is 0.437 e. The highest BCUT2D eigenvalue weighted by Crippen LogP contribution is 2.46. The van der Waals surface area contributed by atoms with Crippen LogP contribution in [0.3, 0.4) is 0 Å². The topological polar surface area (TPSA) is 38.3 Å². The molecule has 1 aliphatic rings. The van der Waals surface area contributed by atoms with Crippen molar-refractivity contribution in [2.75, 3.05) is 7.05 Å². The maximum Gasteiger partial charge on any atom is 0.490 e. The average molecular weight is 301 g/mol. The zero-order chi connectivity index (χ0) is 15.7. The average Bonchev–Trinajstić information content (AvgIpc) is 2.41.